The van der Waals surface area contributed by atoms with E-state index in [-0.39, 0.29) is 0 Å². The Hall–Kier alpha value is -0.740. The largest absolute Gasteiger partial charge is 0.384 e. The summed E-state index contributed by atoms with van der Waals surface area (Å²) in [6.07, 6.45) is 4.37. The van der Waals surface area contributed by atoms with Gasteiger partial charge in [0.1, 0.15) is 5.82 Å². The van der Waals surface area contributed by atoms with Gasteiger partial charge in [0, 0.05) is 22.9 Å². The van der Waals surface area contributed by atoms with Crippen LogP contribution >= 0.6 is 11.8 Å². The Balaban J connectivity index is 1.85. The Morgan fingerprint density at radius 2 is 2.57 bits per heavy atom. The van der Waals surface area contributed by atoms with Crippen LogP contribution in [-0.2, 0) is 0 Å². The van der Waals surface area contributed by atoms with E-state index in [1.54, 1.807) is 6.20 Å². The SMILES string of the molecule is Nc1cc(SC[C@@H]2CCCN2)ccn1. The first-order chi connectivity index (χ1) is 6.84. The molecule has 2 rings (SSSR count). The van der Waals surface area contributed by atoms with Crippen LogP contribution in [0.4, 0.5) is 5.82 Å². The minimum Gasteiger partial charge on any atom is -0.384 e. The van der Waals surface area contributed by atoms with Gasteiger partial charge in [-0.1, -0.05) is 0 Å². The molecule has 0 spiro atoms. The Bertz CT molecular complexity index is 297. The van der Waals surface area contributed by atoms with Gasteiger partial charge < -0.3 is 11.1 Å². The molecule has 0 bridgehead atoms. The smallest absolute Gasteiger partial charge is 0.124 e. The zero-order chi connectivity index (χ0) is 9.80. The minimum absolute atomic E-state index is 0.606. The number of aromatic nitrogens is 1. The predicted molar refractivity (Wildman–Crippen MR) is 60.4 cm³/mol. The Kier molecular flexibility index (Phi) is 3.26. The zero-order valence-electron chi connectivity index (χ0n) is 8.07. The lowest BCUT2D eigenvalue weighted by Gasteiger charge is -2.09. The first-order valence-electron chi connectivity index (χ1n) is 4.92. The summed E-state index contributed by atoms with van der Waals surface area (Å²) in [4.78, 5) is 5.18. The summed E-state index contributed by atoms with van der Waals surface area (Å²) in [5, 5.41) is 3.47. The number of pyridine rings is 1. The number of thioether (sulfide) groups is 1. The molecule has 1 fully saturated rings. The maximum absolute atomic E-state index is 5.60. The fourth-order valence-electron chi connectivity index (χ4n) is 1.61. The van der Waals surface area contributed by atoms with Crippen molar-refractivity contribution in [3.05, 3.63) is 18.3 Å². The fraction of sp³-hybridized carbons (Fsp3) is 0.500. The maximum atomic E-state index is 5.60. The van der Waals surface area contributed by atoms with Crippen LogP contribution in [0.5, 0.6) is 0 Å². The van der Waals surface area contributed by atoms with E-state index in [1.807, 2.05) is 23.9 Å². The quantitative estimate of drug-likeness (QED) is 0.741. The molecule has 0 aliphatic carbocycles. The fourth-order valence-corrected chi connectivity index (χ4v) is 2.65. The number of nitrogens with two attached hydrogens (primary N) is 1. The Labute approximate surface area is 88.5 Å². The van der Waals surface area contributed by atoms with Gasteiger partial charge in [0.05, 0.1) is 0 Å². The van der Waals surface area contributed by atoms with E-state index < -0.39 is 0 Å². The molecule has 2 heterocycles. The lowest BCUT2D eigenvalue weighted by Crippen LogP contribution is -2.23. The van der Waals surface area contributed by atoms with Crippen molar-refractivity contribution in [2.24, 2.45) is 0 Å². The van der Waals surface area contributed by atoms with Gasteiger partial charge in [0.25, 0.3) is 0 Å². The highest BCUT2D eigenvalue weighted by Crippen LogP contribution is 2.21. The third-order valence-electron chi connectivity index (χ3n) is 2.37. The molecule has 1 aliphatic rings. The molecule has 4 heteroatoms. The van der Waals surface area contributed by atoms with E-state index >= 15 is 0 Å². The number of nitrogens with one attached hydrogen (secondary N) is 1. The summed E-state index contributed by atoms with van der Waals surface area (Å²) in [6.45, 7) is 1.17. The monoisotopic (exact) mass is 209 g/mol. The summed E-state index contributed by atoms with van der Waals surface area (Å²) >= 11 is 1.85. The molecule has 0 amide bonds. The highest BCUT2D eigenvalue weighted by molar-refractivity contribution is 7.99. The van der Waals surface area contributed by atoms with Crippen molar-refractivity contribution in [1.29, 1.82) is 0 Å². The molecule has 1 atom stereocenters. The Morgan fingerprint density at radius 3 is 3.29 bits per heavy atom. The molecule has 3 nitrogen and oxygen atoms in total. The highest BCUT2D eigenvalue weighted by atomic mass is 32.2. The van der Waals surface area contributed by atoms with E-state index in [1.165, 1.54) is 24.3 Å². The molecule has 1 aromatic rings. The standard InChI is InChI=1S/C10H15N3S/c11-10-6-9(3-5-13-10)14-7-8-2-1-4-12-8/h3,5-6,8,12H,1-2,4,7H2,(H2,11,13)/t8-/m0/s1. The topological polar surface area (TPSA) is 50.9 Å². The third-order valence-corrected chi connectivity index (χ3v) is 3.52. The summed E-state index contributed by atoms with van der Waals surface area (Å²) in [5.41, 5.74) is 5.60. The number of nitrogens with zero attached hydrogens (tertiary/aromatic N) is 1. The van der Waals surface area contributed by atoms with Crippen molar-refractivity contribution >= 4 is 17.6 Å². The number of hydrogen-bond donors (Lipinski definition) is 2. The van der Waals surface area contributed by atoms with Crippen LogP contribution in [0.3, 0.4) is 0 Å². The van der Waals surface area contributed by atoms with E-state index in [9.17, 15) is 0 Å². The number of hydrogen-bond acceptors (Lipinski definition) is 4. The van der Waals surface area contributed by atoms with Crippen molar-refractivity contribution in [2.45, 2.75) is 23.8 Å². The normalized spacial score (nSPS) is 21.3. The molecule has 1 saturated heterocycles. The average molecular weight is 209 g/mol. The van der Waals surface area contributed by atoms with Crippen molar-refractivity contribution < 1.29 is 0 Å². The molecule has 0 radical (unpaired) electrons. The van der Waals surface area contributed by atoms with Crippen molar-refractivity contribution in [3.63, 3.8) is 0 Å². The van der Waals surface area contributed by atoms with Gasteiger partial charge in [-0.05, 0) is 31.5 Å². The lowest BCUT2D eigenvalue weighted by molar-refractivity contribution is 0.674. The van der Waals surface area contributed by atoms with Gasteiger partial charge in [0.15, 0.2) is 0 Å². The molecule has 1 aliphatic heterocycles. The first kappa shape index (κ1) is 9.80. The third kappa shape index (κ3) is 2.62. The maximum Gasteiger partial charge on any atom is 0.124 e. The second-order valence-electron chi connectivity index (χ2n) is 3.52. The zero-order valence-corrected chi connectivity index (χ0v) is 8.89. The molecular formula is C10H15N3S. The minimum atomic E-state index is 0.606. The van der Waals surface area contributed by atoms with Gasteiger partial charge in [-0.25, -0.2) is 4.98 Å². The number of nitrogen functional groups attached to an aromatic ring is 1. The van der Waals surface area contributed by atoms with Crippen LogP contribution in [0.2, 0.25) is 0 Å². The van der Waals surface area contributed by atoms with Crippen molar-refractivity contribution in [1.82, 2.24) is 10.3 Å². The molecule has 14 heavy (non-hydrogen) atoms. The molecule has 3 N–H and O–H groups in total. The molecule has 0 aromatic carbocycles. The van der Waals surface area contributed by atoms with E-state index in [0.717, 1.165) is 5.75 Å². The van der Waals surface area contributed by atoms with Crippen LogP contribution in [0.15, 0.2) is 23.2 Å². The molecular weight excluding hydrogens is 194 g/mol. The summed E-state index contributed by atoms with van der Waals surface area (Å²) < 4.78 is 0. The van der Waals surface area contributed by atoms with E-state index in [0.29, 0.717) is 11.9 Å². The summed E-state index contributed by atoms with van der Waals surface area (Å²) in [6, 6.07) is 4.62. The van der Waals surface area contributed by atoms with Crippen molar-refractivity contribution in [3.8, 4) is 0 Å². The molecule has 0 unspecified atom stereocenters. The van der Waals surface area contributed by atoms with Gasteiger partial charge in [-0.15, -0.1) is 11.8 Å². The van der Waals surface area contributed by atoms with Crippen LogP contribution in [0.1, 0.15) is 12.8 Å². The van der Waals surface area contributed by atoms with Crippen molar-refractivity contribution in [2.75, 3.05) is 18.0 Å². The second kappa shape index (κ2) is 4.66. The number of rotatable bonds is 3. The van der Waals surface area contributed by atoms with Gasteiger partial charge >= 0.3 is 0 Å². The Morgan fingerprint density at radius 1 is 1.64 bits per heavy atom. The number of anilines is 1. The summed E-state index contributed by atoms with van der Waals surface area (Å²) in [5.74, 6) is 1.73. The molecule has 0 saturated carbocycles. The predicted octanol–water partition coefficient (Wildman–Crippen LogP) is 1.51. The summed E-state index contributed by atoms with van der Waals surface area (Å²) in [7, 11) is 0. The first-order valence-corrected chi connectivity index (χ1v) is 5.91. The van der Waals surface area contributed by atoms with Crippen LogP contribution < -0.4 is 11.1 Å². The van der Waals surface area contributed by atoms with Gasteiger partial charge in [-0.2, -0.15) is 0 Å². The van der Waals surface area contributed by atoms with E-state index in [4.69, 9.17) is 5.73 Å². The van der Waals surface area contributed by atoms with Crippen LogP contribution in [0.25, 0.3) is 0 Å². The lowest BCUT2D eigenvalue weighted by atomic mass is 10.3. The van der Waals surface area contributed by atoms with Crippen LogP contribution in [-0.4, -0.2) is 23.3 Å². The molecule has 1 aromatic heterocycles. The second-order valence-corrected chi connectivity index (χ2v) is 4.61. The molecule has 76 valence electrons. The van der Waals surface area contributed by atoms with Gasteiger partial charge in [-0.3, -0.25) is 0 Å². The van der Waals surface area contributed by atoms with Crippen LogP contribution in [0, 0.1) is 0 Å². The average Bonchev–Trinajstić information content (AvgIpc) is 2.67. The highest BCUT2D eigenvalue weighted by Gasteiger charge is 2.13. The van der Waals surface area contributed by atoms with E-state index in [2.05, 4.69) is 10.3 Å². The van der Waals surface area contributed by atoms with Gasteiger partial charge in [0.2, 0.25) is 0 Å².